The summed E-state index contributed by atoms with van der Waals surface area (Å²) in [4.78, 5) is 51.5. The fraction of sp³-hybridized carbons (Fsp3) is 0.628. The lowest BCUT2D eigenvalue weighted by Crippen LogP contribution is -2.30. The van der Waals surface area contributed by atoms with Gasteiger partial charge in [0.2, 0.25) is 0 Å². The molecule has 47 heavy (non-hydrogen) atoms. The molecule has 0 saturated carbocycles. The highest BCUT2D eigenvalue weighted by Crippen LogP contribution is 2.37. The van der Waals surface area contributed by atoms with E-state index in [0.29, 0.717) is 19.3 Å². The van der Waals surface area contributed by atoms with Gasteiger partial charge in [0.1, 0.15) is 17.3 Å². The van der Waals surface area contributed by atoms with Gasteiger partial charge >= 0.3 is 0 Å². The van der Waals surface area contributed by atoms with Gasteiger partial charge in [-0.1, -0.05) is 119 Å². The summed E-state index contributed by atoms with van der Waals surface area (Å²) >= 11 is 0. The molecule has 4 heteroatoms. The molecule has 3 rings (SSSR count). The normalized spacial score (nSPS) is 16.1. The Labute approximate surface area is 286 Å². The van der Waals surface area contributed by atoms with Gasteiger partial charge in [0.25, 0.3) is 0 Å². The molecule has 0 bridgehead atoms. The highest BCUT2D eigenvalue weighted by molar-refractivity contribution is 6.01. The zero-order valence-electron chi connectivity index (χ0n) is 31.8. The van der Waals surface area contributed by atoms with Crippen molar-refractivity contribution in [3.63, 3.8) is 0 Å². The van der Waals surface area contributed by atoms with Crippen LogP contribution in [-0.4, -0.2) is 23.1 Å². The van der Waals surface area contributed by atoms with Gasteiger partial charge in [0.05, 0.1) is 6.42 Å². The van der Waals surface area contributed by atoms with E-state index >= 15 is 0 Å². The van der Waals surface area contributed by atoms with E-state index in [0.717, 1.165) is 59.9 Å². The van der Waals surface area contributed by atoms with Crippen LogP contribution in [0.3, 0.4) is 0 Å². The van der Waals surface area contributed by atoms with Crippen molar-refractivity contribution in [1.82, 2.24) is 0 Å². The second-order valence-corrected chi connectivity index (χ2v) is 16.2. The molecule has 0 saturated heterocycles. The van der Waals surface area contributed by atoms with Crippen LogP contribution < -0.4 is 0 Å². The first kappa shape index (κ1) is 40.3. The first-order valence-electron chi connectivity index (χ1n) is 18.2. The van der Waals surface area contributed by atoms with Crippen LogP contribution >= 0.6 is 0 Å². The molecule has 0 radical (unpaired) electrons. The molecule has 0 fully saturated rings. The van der Waals surface area contributed by atoms with Gasteiger partial charge in [-0.05, 0) is 89.2 Å². The van der Waals surface area contributed by atoms with Crippen molar-refractivity contribution in [2.24, 2.45) is 17.8 Å². The Morgan fingerprint density at radius 2 is 1.43 bits per heavy atom. The maximum Gasteiger partial charge on any atom is 0.163 e. The van der Waals surface area contributed by atoms with Crippen LogP contribution in [0.5, 0.6) is 0 Å². The minimum absolute atomic E-state index is 0.00558. The molecular formula is C43H64O4. The number of carbonyl (C=O) groups excluding carboxylic acids is 4. The topological polar surface area (TPSA) is 68.3 Å². The minimum atomic E-state index is -0.131. The van der Waals surface area contributed by atoms with Crippen LogP contribution in [0.1, 0.15) is 165 Å². The molecular weight excluding hydrogens is 580 g/mol. The van der Waals surface area contributed by atoms with E-state index in [1.807, 2.05) is 19.9 Å². The number of Topliss-reactive ketones (excluding diaryl/α,β-unsaturated/α-hetero) is 4. The van der Waals surface area contributed by atoms with Crippen LogP contribution in [0.2, 0.25) is 0 Å². The molecule has 4 nitrogen and oxygen atoms in total. The highest BCUT2D eigenvalue weighted by Gasteiger charge is 2.33. The van der Waals surface area contributed by atoms with Crippen LogP contribution in [0.15, 0.2) is 30.3 Å². The molecule has 0 aromatic heterocycles. The summed E-state index contributed by atoms with van der Waals surface area (Å²) in [6.45, 7) is 25.1. The van der Waals surface area contributed by atoms with Crippen molar-refractivity contribution in [2.75, 3.05) is 0 Å². The van der Waals surface area contributed by atoms with Crippen molar-refractivity contribution in [1.29, 1.82) is 0 Å². The molecule has 2 aromatic carbocycles. The van der Waals surface area contributed by atoms with E-state index < -0.39 is 0 Å². The van der Waals surface area contributed by atoms with Gasteiger partial charge in [-0.2, -0.15) is 0 Å². The zero-order chi connectivity index (χ0) is 35.7. The van der Waals surface area contributed by atoms with Crippen LogP contribution in [0.25, 0.3) is 0 Å². The SMILES string of the molecule is CCC.CCCC(CC1CC(=O)c2c(ccc(CC(=O)Cc3cc(C(C)(C)C)cc(C(C)(C)C)c3)c2C)C1)C(CC)C(=O)CC(C)=O. The van der Waals surface area contributed by atoms with Crippen molar-refractivity contribution >= 4 is 23.1 Å². The van der Waals surface area contributed by atoms with E-state index in [2.05, 4.69) is 86.6 Å². The second-order valence-electron chi connectivity index (χ2n) is 16.2. The summed E-state index contributed by atoms with van der Waals surface area (Å²) in [5.74, 6) is 0.509. The fourth-order valence-electron chi connectivity index (χ4n) is 7.12. The molecule has 1 aliphatic rings. The largest absolute Gasteiger partial charge is 0.300 e. The van der Waals surface area contributed by atoms with Crippen LogP contribution in [-0.2, 0) is 44.5 Å². The summed E-state index contributed by atoms with van der Waals surface area (Å²) < 4.78 is 0. The number of carbonyl (C=O) groups is 4. The second kappa shape index (κ2) is 17.5. The molecule has 3 unspecified atom stereocenters. The average Bonchev–Trinajstić information content (AvgIpc) is 2.94. The van der Waals surface area contributed by atoms with E-state index in [9.17, 15) is 19.2 Å². The number of hydrogen-bond donors (Lipinski definition) is 0. The Morgan fingerprint density at radius 1 is 0.851 bits per heavy atom. The number of ketones is 4. The molecule has 260 valence electrons. The van der Waals surface area contributed by atoms with Gasteiger partial charge in [-0.25, -0.2) is 0 Å². The predicted molar refractivity (Wildman–Crippen MR) is 197 cm³/mol. The molecule has 0 spiro atoms. The van der Waals surface area contributed by atoms with Crippen molar-refractivity contribution in [3.8, 4) is 0 Å². The molecule has 0 amide bonds. The first-order chi connectivity index (χ1) is 21.9. The maximum absolute atomic E-state index is 13.6. The summed E-state index contributed by atoms with van der Waals surface area (Å²) in [7, 11) is 0. The van der Waals surface area contributed by atoms with E-state index in [1.54, 1.807) is 0 Å². The maximum atomic E-state index is 13.6. The lowest BCUT2D eigenvalue weighted by atomic mass is 9.72. The molecule has 3 atom stereocenters. The average molecular weight is 645 g/mol. The van der Waals surface area contributed by atoms with Crippen molar-refractivity contribution in [2.45, 2.75) is 158 Å². The van der Waals surface area contributed by atoms with Gasteiger partial charge in [-0.15, -0.1) is 0 Å². The quantitative estimate of drug-likeness (QED) is 0.204. The number of rotatable bonds is 13. The fourth-order valence-corrected chi connectivity index (χ4v) is 7.12. The molecule has 1 aliphatic carbocycles. The Hall–Kier alpha value is -2.88. The third kappa shape index (κ3) is 11.6. The molecule has 0 heterocycles. The molecule has 0 N–H and O–H groups in total. The first-order valence-corrected chi connectivity index (χ1v) is 18.2. The highest BCUT2D eigenvalue weighted by atomic mass is 16.1. The lowest BCUT2D eigenvalue weighted by molar-refractivity contribution is -0.130. The number of benzene rings is 2. The van der Waals surface area contributed by atoms with Crippen molar-refractivity contribution < 1.29 is 19.2 Å². The Morgan fingerprint density at radius 3 is 1.91 bits per heavy atom. The Kier molecular flexibility index (Phi) is 15.0. The van der Waals surface area contributed by atoms with Crippen LogP contribution in [0, 0.1) is 24.7 Å². The molecule has 0 aliphatic heterocycles. The third-order valence-corrected chi connectivity index (χ3v) is 9.58. The predicted octanol–water partition coefficient (Wildman–Crippen LogP) is 10.5. The summed E-state index contributed by atoms with van der Waals surface area (Å²) in [5, 5.41) is 0. The third-order valence-electron chi connectivity index (χ3n) is 9.58. The zero-order valence-corrected chi connectivity index (χ0v) is 31.8. The summed E-state index contributed by atoms with van der Waals surface area (Å²) in [6, 6.07) is 10.7. The van der Waals surface area contributed by atoms with Gasteiger partial charge in [-0.3, -0.25) is 19.2 Å². The lowest BCUT2D eigenvalue weighted by Gasteiger charge is -2.32. The van der Waals surface area contributed by atoms with Gasteiger partial charge in [0.15, 0.2) is 5.78 Å². The van der Waals surface area contributed by atoms with E-state index in [4.69, 9.17) is 0 Å². The monoisotopic (exact) mass is 644 g/mol. The van der Waals surface area contributed by atoms with E-state index in [1.165, 1.54) is 24.5 Å². The number of fused-ring (bicyclic) bond motifs is 1. The van der Waals surface area contributed by atoms with Gasteiger partial charge < -0.3 is 0 Å². The Bertz CT molecular complexity index is 1370. The number of hydrogen-bond acceptors (Lipinski definition) is 4. The Balaban J connectivity index is 0.00000246. The summed E-state index contributed by atoms with van der Waals surface area (Å²) in [5.41, 5.74) is 7.25. The van der Waals surface area contributed by atoms with Crippen molar-refractivity contribution in [3.05, 3.63) is 69.3 Å². The molecule has 2 aromatic rings. The minimum Gasteiger partial charge on any atom is -0.300 e. The van der Waals surface area contributed by atoms with E-state index in [-0.39, 0.29) is 58.1 Å². The smallest absolute Gasteiger partial charge is 0.163 e. The standard InChI is InChI=1S/C40H56O4.C3H8/c1-11-13-30(35(12-2)36(43)16-25(3)41)17-27-18-31-15-14-29(26(4)38(31)37(44)22-27)23-34(42)21-28-19-32(39(5,6)7)24-33(20-28)40(8,9)10;1-3-2/h14-15,19-20,24,27,30,35H,11-13,16-18,21-23H2,1-10H3;3H2,1-2H3. The van der Waals surface area contributed by atoms with Gasteiger partial charge in [0, 0.05) is 30.7 Å². The summed E-state index contributed by atoms with van der Waals surface area (Å²) in [6.07, 6.45) is 6.67. The van der Waals surface area contributed by atoms with Crippen LogP contribution in [0.4, 0.5) is 0 Å².